The molecule has 0 unspecified atom stereocenters. The number of benzene rings is 2. The molecule has 2 aromatic carbocycles. The lowest BCUT2D eigenvalue weighted by atomic mass is 10.1. The Kier molecular flexibility index (Phi) is 6.00. The maximum absolute atomic E-state index is 12.2. The number of halogens is 1. The van der Waals surface area contributed by atoms with Crippen molar-refractivity contribution in [3.63, 3.8) is 0 Å². The van der Waals surface area contributed by atoms with E-state index in [1.54, 1.807) is 30.5 Å². The molecule has 1 atom stereocenters. The first-order valence-electron chi connectivity index (χ1n) is 9.36. The fourth-order valence-electron chi connectivity index (χ4n) is 3.03. The van der Waals surface area contributed by atoms with Gasteiger partial charge in [-0.3, -0.25) is 9.89 Å². The minimum Gasteiger partial charge on any atom is -0.507 e. The number of amides is 1. The fourth-order valence-corrected chi connectivity index (χ4v) is 3.21. The standard InChI is InChI=1S/C22H19ClN4O3/c23-16-5-8-20(28)18(11-16)21-15(12-25-27-21)4-1-14-2-6-17(7-3-14)26-22(29)19-13-30-10-9-24-19/h2-3,5-8,11-12,19,24,28H,9-10,13H2,(H,25,27)(H,26,29)/t19-/m0/s1. The van der Waals surface area contributed by atoms with Gasteiger partial charge in [-0.25, -0.2) is 0 Å². The number of aromatic hydroxyl groups is 1. The van der Waals surface area contributed by atoms with Gasteiger partial charge in [0.05, 0.1) is 30.7 Å². The molecular formula is C22H19ClN4O3. The first-order chi connectivity index (χ1) is 14.6. The lowest BCUT2D eigenvalue weighted by Crippen LogP contribution is -2.48. The summed E-state index contributed by atoms with van der Waals surface area (Å²) in [5, 5.41) is 23.5. The zero-order chi connectivity index (χ0) is 20.9. The second kappa shape index (κ2) is 9.01. The Bertz CT molecular complexity index is 1110. The number of H-pyrrole nitrogens is 1. The number of phenols is 1. The van der Waals surface area contributed by atoms with E-state index in [2.05, 4.69) is 32.7 Å². The van der Waals surface area contributed by atoms with Crippen LogP contribution in [-0.4, -0.2) is 47.0 Å². The number of hydrogen-bond donors (Lipinski definition) is 4. The zero-order valence-corrected chi connectivity index (χ0v) is 16.7. The molecule has 0 bridgehead atoms. The molecule has 152 valence electrons. The number of nitrogens with one attached hydrogen (secondary N) is 3. The predicted octanol–water partition coefficient (Wildman–Crippen LogP) is 2.76. The van der Waals surface area contributed by atoms with Crippen LogP contribution in [0.1, 0.15) is 11.1 Å². The molecule has 0 spiro atoms. The van der Waals surface area contributed by atoms with Crippen LogP contribution in [0.25, 0.3) is 11.3 Å². The van der Waals surface area contributed by atoms with Crippen molar-refractivity contribution in [3.05, 3.63) is 64.8 Å². The van der Waals surface area contributed by atoms with Crippen molar-refractivity contribution in [2.75, 3.05) is 25.1 Å². The van der Waals surface area contributed by atoms with Gasteiger partial charge in [0.1, 0.15) is 11.8 Å². The maximum Gasteiger partial charge on any atom is 0.243 e. The van der Waals surface area contributed by atoms with Gasteiger partial charge in [-0.2, -0.15) is 5.10 Å². The molecule has 1 aliphatic rings. The SMILES string of the molecule is O=C(Nc1ccc(C#Cc2cn[nH]c2-c2cc(Cl)ccc2O)cc1)[C@@H]1COCCN1. The van der Waals surface area contributed by atoms with Crippen molar-refractivity contribution in [3.8, 4) is 28.8 Å². The van der Waals surface area contributed by atoms with Crippen molar-refractivity contribution in [1.82, 2.24) is 15.5 Å². The first-order valence-corrected chi connectivity index (χ1v) is 9.74. The third kappa shape index (κ3) is 4.63. The molecule has 7 nitrogen and oxygen atoms in total. The van der Waals surface area contributed by atoms with E-state index in [1.807, 2.05) is 12.1 Å². The Morgan fingerprint density at radius 2 is 2.07 bits per heavy atom. The van der Waals surface area contributed by atoms with Gasteiger partial charge in [-0.05, 0) is 42.5 Å². The molecule has 1 amide bonds. The Balaban J connectivity index is 1.47. The number of aromatic nitrogens is 2. The van der Waals surface area contributed by atoms with Crippen LogP contribution < -0.4 is 10.6 Å². The zero-order valence-electron chi connectivity index (χ0n) is 15.9. The first kappa shape index (κ1) is 20.0. The molecule has 30 heavy (non-hydrogen) atoms. The number of aromatic amines is 1. The minimum atomic E-state index is -0.347. The topological polar surface area (TPSA) is 99.3 Å². The third-order valence-electron chi connectivity index (χ3n) is 4.60. The highest BCUT2D eigenvalue weighted by Gasteiger charge is 2.21. The summed E-state index contributed by atoms with van der Waals surface area (Å²) in [4.78, 5) is 12.2. The van der Waals surface area contributed by atoms with Crippen LogP contribution in [0.3, 0.4) is 0 Å². The highest BCUT2D eigenvalue weighted by molar-refractivity contribution is 6.31. The van der Waals surface area contributed by atoms with E-state index in [-0.39, 0.29) is 17.7 Å². The van der Waals surface area contributed by atoms with Crippen molar-refractivity contribution in [2.45, 2.75) is 6.04 Å². The maximum atomic E-state index is 12.2. The molecule has 0 aliphatic carbocycles. The Morgan fingerprint density at radius 3 is 2.83 bits per heavy atom. The number of nitrogens with zero attached hydrogens (tertiary/aromatic N) is 1. The molecule has 1 aliphatic heterocycles. The lowest BCUT2D eigenvalue weighted by molar-refractivity contribution is -0.120. The minimum absolute atomic E-state index is 0.0876. The van der Waals surface area contributed by atoms with Gasteiger partial charge < -0.3 is 20.5 Å². The van der Waals surface area contributed by atoms with Crippen molar-refractivity contribution in [2.24, 2.45) is 0 Å². The number of anilines is 1. The summed E-state index contributed by atoms with van der Waals surface area (Å²) >= 11 is 6.04. The van der Waals surface area contributed by atoms with Crippen LogP contribution in [0, 0.1) is 11.8 Å². The summed E-state index contributed by atoms with van der Waals surface area (Å²) < 4.78 is 5.31. The van der Waals surface area contributed by atoms with Crippen LogP contribution in [0.2, 0.25) is 5.02 Å². The summed E-state index contributed by atoms with van der Waals surface area (Å²) in [6.07, 6.45) is 1.59. The van der Waals surface area contributed by atoms with Crippen LogP contribution in [0.5, 0.6) is 5.75 Å². The van der Waals surface area contributed by atoms with E-state index in [9.17, 15) is 9.90 Å². The molecule has 1 fully saturated rings. The van der Waals surface area contributed by atoms with Crippen molar-refractivity contribution < 1.29 is 14.6 Å². The van der Waals surface area contributed by atoms with Crippen LogP contribution in [0.15, 0.2) is 48.7 Å². The molecule has 0 radical (unpaired) electrons. The monoisotopic (exact) mass is 422 g/mol. The summed E-state index contributed by atoms with van der Waals surface area (Å²) in [5.41, 5.74) is 3.21. The molecule has 4 rings (SSSR count). The molecule has 4 N–H and O–H groups in total. The summed E-state index contributed by atoms with van der Waals surface area (Å²) in [6, 6.07) is 11.7. The van der Waals surface area contributed by atoms with E-state index in [0.717, 1.165) is 5.56 Å². The normalized spacial score (nSPS) is 15.8. The Labute approximate surface area is 178 Å². The molecule has 1 aromatic heterocycles. The molecule has 0 saturated carbocycles. The average molecular weight is 423 g/mol. The third-order valence-corrected chi connectivity index (χ3v) is 4.83. The fraction of sp³-hybridized carbons (Fsp3) is 0.182. The smallest absolute Gasteiger partial charge is 0.243 e. The van der Waals surface area contributed by atoms with Gasteiger partial charge in [-0.15, -0.1) is 0 Å². The van der Waals surface area contributed by atoms with Crippen LogP contribution in [-0.2, 0) is 9.53 Å². The number of hydrogen-bond acceptors (Lipinski definition) is 5. The number of carbonyl (C=O) groups is 1. The van der Waals surface area contributed by atoms with Gasteiger partial charge in [-0.1, -0.05) is 23.4 Å². The van der Waals surface area contributed by atoms with E-state index in [1.165, 1.54) is 6.07 Å². The van der Waals surface area contributed by atoms with Crippen LogP contribution >= 0.6 is 11.6 Å². The number of phenolic OH excluding ortho intramolecular Hbond substituents is 1. The summed E-state index contributed by atoms with van der Waals surface area (Å²) in [5.74, 6) is 6.08. The number of ether oxygens (including phenoxy) is 1. The van der Waals surface area contributed by atoms with Gasteiger partial charge in [0.2, 0.25) is 5.91 Å². The highest BCUT2D eigenvalue weighted by Crippen LogP contribution is 2.32. The van der Waals surface area contributed by atoms with Crippen molar-refractivity contribution in [1.29, 1.82) is 0 Å². The predicted molar refractivity (Wildman–Crippen MR) is 114 cm³/mol. The summed E-state index contributed by atoms with van der Waals surface area (Å²) in [7, 11) is 0. The Hall–Kier alpha value is -3.31. The molecule has 3 aromatic rings. The van der Waals surface area contributed by atoms with Gasteiger partial charge >= 0.3 is 0 Å². The largest absolute Gasteiger partial charge is 0.507 e. The molecule has 1 saturated heterocycles. The Morgan fingerprint density at radius 1 is 1.23 bits per heavy atom. The quantitative estimate of drug-likeness (QED) is 0.486. The number of morpholine rings is 1. The second-order valence-corrected chi connectivity index (χ2v) is 7.15. The molecular weight excluding hydrogens is 404 g/mol. The van der Waals surface area contributed by atoms with Crippen molar-refractivity contribution >= 4 is 23.2 Å². The van der Waals surface area contributed by atoms with E-state index in [4.69, 9.17) is 16.3 Å². The van der Waals surface area contributed by atoms with E-state index < -0.39 is 0 Å². The number of rotatable bonds is 3. The van der Waals surface area contributed by atoms with E-state index >= 15 is 0 Å². The van der Waals surface area contributed by atoms with Gasteiger partial charge in [0.25, 0.3) is 0 Å². The molecule has 2 heterocycles. The van der Waals surface area contributed by atoms with Gasteiger partial charge in [0.15, 0.2) is 0 Å². The lowest BCUT2D eigenvalue weighted by Gasteiger charge is -2.22. The number of carbonyl (C=O) groups excluding carboxylic acids is 1. The average Bonchev–Trinajstić information content (AvgIpc) is 3.24. The van der Waals surface area contributed by atoms with Crippen LogP contribution in [0.4, 0.5) is 5.69 Å². The second-order valence-electron chi connectivity index (χ2n) is 6.72. The molecule has 8 heteroatoms. The highest BCUT2D eigenvalue weighted by atomic mass is 35.5. The van der Waals surface area contributed by atoms with E-state index in [0.29, 0.717) is 47.3 Å². The summed E-state index contributed by atoms with van der Waals surface area (Å²) in [6.45, 7) is 1.65. The van der Waals surface area contributed by atoms with Gasteiger partial charge in [0, 0.05) is 28.4 Å².